The lowest BCUT2D eigenvalue weighted by Gasteiger charge is -2.33. The Bertz CT molecular complexity index is 1270. The third kappa shape index (κ3) is 5.18. The molecular weight excluding hydrogens is 426 g/mol. The zero-order valence-electron chi connectivity index (χ0n) is 17.9. The van der Waals surface area contributed by atoms with Gasteiger partial charge in [-0.25, -0.2) is 13.4 Å². The first-order valence-electron chi connectivity index (χ1n) is 10.3. The molecule has 0 aliphatic carbocycles. The lowest BCUT2D eigenvalue weighted by atomic mass is 10.1. The molecule has 8 nitrogen and oxygen atoms in total. The SMILES string of the molecule is C=CC(=O)Nc1cc(CN2CCN(S(C)(=O)=O)CC2)cc(-c2cnc3ccccc3n2)c1. The maximum absolute atomic E-state index is 11.9. The van der Waals surface area contributed by atoms with E-state index >= 15 is 0 Å². The number of anilines is 1. The molecule has 4 rings (SSSR count). The number of nitrogens with one attached hydrogen (secondary N) is 1. The highest BCUT2D eigenvalue weighted by molar-refractivity contribution is 7.88. The van der Waals surface area contributed by atoms with Crippen molar-refractivity contribution >= 4 is 32.7 Å². The monoisotopic (exact) mass is 451 g/mol. The van der Waals surface area contributed by atoms with Crippen LogP contribution in [0.3, 0.4) is 0 Å². The Morgan fingerprint density at radius 1 is 1.12 bits per heavy atom. The van der Waals surface area contributed by atoms with Crippen LogP contribution < -0.4 is 5.32 Å². The van der Waals surface area contributed by atoms with E-state index in [4.69, 9.17) is 4.98 Å². The van der Waals surface area contributed by atoms with Crippen LogP contribution in [0.1, 0.15) is 5.56 Å². The fraction of sp³-hybridized carbons (Fsp3) is 0.261. The maximum atomic E-state index is 11.9. The Morgan fingerprint density at radius 3 is 2.53 bits per heavy atom. The molecule has 1 fully saturated rings. The summed E-state index contributed by atoms with van der Waals surface area (Å²) in [5, 5.41) is 2.83. The van der Waals surface area contributed by atoms with Gasteiger partial charge in [-0.1, -0.05) is 18.7 Å². The molecule has 1 aliphatic heterocycles. The fourth-order valence-corrected chi connectivity index (χ4v) is 4.60. The van der Waals surface area contributed by atoms with Gasteiger partial charge in [-0.2, -0.15) is 4.31 Å². The Labute approximate surface area is 187 Å². The van der Waals surface area contributed by atoms with Crippen LogP contribution in [0.4, 0.5) is 5.69 Å². The summed E-state index contributed by atoms with van der Waals surface area (Å²) in [6.45, 7) is 6.36. The summed E-state index contributed by atoms with van der Waals surface area (Å²) in [5.74, 6) is -0.292. The molecule has 1 saturated heterocycles. The lowest BCUT2D eigenvalue weighted by Crippen LogP contribution is -2.47. The van der Waals surface area contributed by atoms with Gasteiger partial charge in [0.2, 0.25) is 15.9 Å². The van der Waals surface area contributed by atoms with Crippen LogP contribution in [0.25, 0.3) is 22.3 Å². The summed E-state index contributed by atoms with van der Waals surface area (Å²) < 4.78 is 25.0. The summed E-state index contributed by atoms with van der Waals surface area (Å²) in [6.07, 6.45) is 4.20. The van der Waals surface area contributed by atoms with Crippen molar-refractivity contribution < 1.29 is 13.2 Å². The van der Waals surface area contributed by atoms with E-state index < -0.39 is 10.0 Å². The van der Waals surface area contributed by atoms with Gasteiger partial charge in [0.15, 0.2) is 0 Å². The molecule has 2 aromatic carbocycles. The number of sulfonamides is 1. The molecule has 1 aliphatic rings. The number of piperazine rings is 1. The van der Waals surface area contributed by atoms with Crippen LogP contribution in [0.2, 0.25) is 0 Å². The van der Waals surface area contributed by atoms with Crippen molar-refractivity contribution in [2.45, 2.75) is 6.54 Å². The van der Waals surface area contributed by atoms with Gasteiger partial charge in [-0.05, 0) is 42.0 Å². The quantitative estimate of drug-likeness (QED) is 0.579. The highest BCUT2D eigenvalue weighted by Crippen LogP contribution is 2.26. The van der Waals surface area contributed by atoms with Crippen molar-refractivity contribution in [3.63, 3.8) is 0 Å². The smallest absolute Gasteiger partial charge is 0.247 e. The Balaban J connectivity index is 1.62. The molecule has 1 N–H and O–H groups in total. The van der Waals surface area contributed by atoms with E-state index in [0.29, 0.717) is 44.1 Å². The van der Waals surface area contributed by atoms with E-state index in [1.807, 2.05) is 42.5 Å². The molecule has 0 spiro atoms. The molecule has 166 valence electrons. The minimum absolute atomic E-state index is 0.292. The van der Waals surface area contributed by atoms with E-state index in [1.165, 1.54) is 16.6 Å². The van der Waals surface area contributed by atoms with Gasteiger partial charge < -0.3 is 5.32 Å². The van der Waals surface area contributed by atoms with Crippen LogP contribution in [-0.4, -0.2) is 65.9 Å². The molecule has 32 heavy (non-hydrogen) atoms. The highest BCUT2D eigenvalue weighted by Gasteiger charge is 2.23. The molecule has 0 bridgehead atoms. The van der Waals surface area contributed by atoms with Crippen molar-refractivity contribution in [3.8, 4) is 11.3 Å². The summed E-state index contributed by atoms with van der Waals surface area (Å²) in [5.41, 5.74) is 4.80. The summed E-state index contributed by atoms with van der Waals surface area (Å²) >= 11 is 0. The van der Waals surface area contributed by atoms with Gasteiger partial charge >= 0.3 is 0 Å². The first kappa shape index (κ1) is 22.1. The molecule has 0 radical (unpaired) electrons. The highest BCUT2D eigenvalue weighted by atomic mass is 32.2. The van der Waals surface area contributed by atoms with Gasteiger partial charge in [-0.3, -0.25) is 14.7 Å². The third-order valence-electron chi connectivity index (χ3n) is 5.40. The van der Waals surface area contributed by atoms with Gasteiger partial charge in [-0.15, -0.1) is 0 Å². The minimum atomic E-state index is -3.17. The number of para-hydroxylation sites is 2. The molecule has 0 saturated carbocycles. The zero-order chi connectivity index (χ0) is 22.7. The van der Waals surface area contributed by atoms with Crippen LogP contribution >= 0.6 is 0 Å². The molecule has 3 aromatic rings. The van der Waals surface area contributed by atoms with Crippen LogP contribution in [0.5, 0.6) is 0 Å². The number of benzene rings is 2. The zero-order valence-corrected chi connectivity index (χ0v) is 18.7. The number of carbonyl (C=O) groups excluding carboxylic acids is 1. The number of aromatic nitrogens is 2. The van der Waals surface area contributed by atoms with Crippen LogP contribution in [0.15, 0.2) is 61.3 Å². The number of nitrogens with zero attached hydrogens (tertiary/aromatic N) is 4. The fourth-order valence-electron chi connectivity index (χ4n) is 3.77. The van der Waals surface area contributed by atoms with Gasteiger partial charge in [0.25, 0.3) is 0 Å². The van der Waals surface area contributed by atoms with E-state index in [9.17, 15) is 13.2 Å². The number of carbonyl (C=O) groups is 1. The molecule has 2 heterocycles. The van der Waals surface area contributed by atoms with Gasteiger partial charge in [0.1, 0.15) is 0 Å². The van der Waals surface area contributed by atoms with Crippen molar-refractivity contribution in [2.24, 2.45) is 0 Å². The largest absolute Gasteiger partial charge is 0.322 e. The summed E-state index contributed by atoms with van der Waals surface area (Å²) in [4.78, 5) is 23.3. The minimum Gasteiger partial charge on any atom is -0.322 e. The third-order valence-corrected chi connectivity index (χ3v) is 6.70. The van der Waals surface area contributed by atoms with E-state index in [-0.39, 0.29) is 5.91 Å². The van der Waals surface area contributed by atoms with Gasteiger partial charge in [0, 0.05) is 44.0 Å². The average molecular weight is 452 g/mol. The van der Waals surface area contributed by atoms with Crippen molar-refractivity contribution in [3.05, 3.63) is 66.9 Å². The van der Waals surface area contributed by atoms with Crippen molar-refractivity contribution in [1.29, 1.82) is 0 Å². The van der Waals surface area contributed by atoms with E-state index in [2.05, 4.69) is 21.8 Å². The van der Waals surface area contributed by atoms with E-state index in [0.717, 1.165) is 22.2 Å². The standard InChI is InChI=1S/C23H25N5O3S/c1-3-23(29)25-19-13-17(16-27-8-10-28(11-9-27)32(2,30)31)12-18(14-19)22-15-24-20-6-4-5-7-21(20)26-22/h3-7,12-15H,1,8-11,16H2,2H3,(H,25,29). The Kier molecular flexibility index (Phi) is 6.31. The second kappa shape index (κ2) is 9.15. The van der Waals surface area contributed by atoms with E-state index in [1.54, 1.807) is 6.20 Å². The predicted octanol–water partition coefficient (Wildman–Crippen LogP) is 2.50. The molecule has 1 amide bonds. The first-order valence-corrected chi connectivity index (χ1v) is 12.1. The number of rotatable bonds is 6. The molecular formula is C23H25N5O3S. The number of hydrogen-bond acceptors (Lipinski definition) is 6. The van der Waals surface area contributed by atoms with Crippen molar-refractivity contribution in [2.75, 3.05) is 37.8 Å². The van der Waals surface area contributed by atoms with Gasteiger partial charge in [0.05, 0.1) is 29.2 Å². The number of hydrogen-bond donors (Lipinski definition) is 1. The van der Waals surface area contributed by atoms with Crippen molar-refractivity contribution in [1.82, 2.24) is 19.2 Å². The molecule has 9 heteroatoms. The average Bonchev–Trinajstić information content (AvgIpc) is 2.78. The summed E-state index contributed by atoms with van der Waals surface area (Å²) in [6, 6.07) is 13.5. The topological polar surface area (TPSA) is 95.5 Å². The Morgan fingerprint density at radius 2 is 1.84 bits per heavy atom. The number of amides is 1. The molecule has 0 unspecified atom stereocenters. The van der Waals surface area contributed by atoms with Crippen LogP contribution in [-0.2, 0) is 21.4 Å². The maximum Gasteiger partial charge on any atom is 0.247 e. The molecule has 1 aromatic heterocycles. The number of fused-ring (bicyclic) bond motifs is 1. The lowest BCUT2D eigenvalue weighted by molar-refractivity contribution is -0.111. The Hall–Kier alpha value is -3.14. The second-order valence-electron chi connectivity index (χ2n) is 7.79. The molecule has 0 atom stereocenters. The van der Waals surface area contributed by atoms with Crippen LogP contribution in [0, 0.1) is 0 Å². The second-order valence-corrected chi connectivity index (χ2v) is 9.78. The summed E-state index contributed by atoms with van der Waals surface area (Å²) in [7, 11) is -3.17. The predicted molar refractivity (Wildman–Crippen MR) is 125 cm³/mol. The normalized spacial score (nSPS) is 15.5. The first-order chi connectivity index (χ1) is 15.3.